The summed E-state index contributed by atoms with van der Waals surface area (Å²) in [5.74, 6) is 0.806. The summed E-state index contributed by atoms with van der Waals surface area (Å²) in [6.45, 7) is 4.06. The Morgan fingerprint density at radius 2 is 2.33 bits per heavy atom. The molecule has 2 unspecified atom stereocenters. The standard InChI is InChI=1S/C15H23NO2/c1-3-13-7-5-9-16(13)11-15(17)12-6-4-8-14(10-12)18-2/h4,6,8,10,13,15,17H,3,5,7,9,11H2,1-2H3. The summed E-state index contributed by atoms with van der Waals surface area (Å²) >= 11 is 0. The molecule has 0 radical (unpaired) electrons. The molecule has 1 aromatic carbocycles. The van der Waals surface area contributed by atoms with Crippen LogP contribution in [-0.2, 0) is 0 Å². The van der Waals surface area contributed by atoms with Gasteiger partial charge in [-0.25, -0.2) is 0 Å². The van der Waals surface area contributed by atoms with Crippen LogP contribution in [0.1, 0.15) is 37.9 Å². The molecule has 0 saturated carbocycles. The fraction of sp³-hybridized carbons (Fsp3) is 0.600. The second kappa shape index (κ2) is 6.21. The average molecular weight is 249 g/mol. The summed E-state index contributed by atoms with van der Waals surface area (Å²) < 4.78 is 5.19. The molecule has 1 aliphatic rings. The van der Waals surface area contributed by atoms with E-state index in [0.717, 1.165) is 24.4 Å². The van der Waals surface area contributed by atoms with Crippen molar-refractivity contribution in [1.82, 2.24) is 4.90 Å². The third-order valence-corrected chi connectivity index (χ3v) is 3.86. The fourth-order valence-corrected chi connectivity index (χ4v) is 2.77. The molecule has 0 spiro atoms. The van der Waals surface area contributed by atoms with Gasteiger partial charge in [-0.1, -0.05) is 19.1 Å². The average Bonchev–Trinajstić information content (AvgIpc) is 2.86. The molecule has 3 heteroatoms. The molecule has 1 fully saturated rings. The highest BCUT2D eigenvalue weighted by molar-refractivity contribution is 5.29. The molecule has 1 N–H and O–H groups in total. The zero-order valence-corrected chi connectivity index (χ0v) is 11.3. The van der Waals surface area contributed by atoms with Gasteiger partial charge < -0.3 is 9.84 Å². The lowest BCUT2D eigenvalue weighted by Gasteiger charge is -2.26. The summed E-state index contributed by atoms with van der Waals surface area (Å²) in [5.41, 5.74) is 0.941. The number of ether oxygens (including phenoxy) is 1. The van der Waals surface area contributed by atoms with Crippen molar-refractivity contribution in [2.45, 2.75) is 38.3 Å². The first-order valence-corrected chi connectivity index (χ1v) is 6.80. The Kier molecular flexibility index (Phi) is 4.61. The van der Waals surface area contributed by atoms with Crippen LogP contribution in [0.2, 0.25) is 0 Å². The maximum Gasteiger partial charge on any atom is 0.119 e. The molecule has 1 aromatic rings. The molecule has 0 bridgehead atoms. The van der Waals surface area contributed by atoms with E-state index in [0.29, 0.717) is 6.04 Å². The van der Waals surface area contributed by atoms with Gasteiger partial charge in [0.25, 0.3) is 0 Å². The van der Waals surface area contributed by atoms with Gasteiger partial charge >= 0.3 is 0 Å². The second-order valence-corrected chi connectivity index (χ2v) is 4.99. The lowest BCUT2D eigenvalue weighted by Crippen LogP contribution is -2.32. The third-order valence-electron chi connectivity index (χ3n) is 3.86. The molecular weight excluding hydrogens is 226 g/mol. The lowest BCUT2D eigenvalue weighted by molar-refractivity contribution is 0.105. The Morgan fingerprint density at radius 1 is 1.50 bits per heavy atom. The Bertz CT molecular complexity index is 381. The van der Waals surface area contributed by atoms with Gasteiger partial charge in [0, 0.05) is 12.6 Å². The van der Waals surface area contributed by atoms with Crippen LogP contribution >= 0.6 is 0 Å². The molecule has 0 aliphatic carbocycles. The number of hydrogen-bond acceptors (Lipinski definition) is 3. The molecule has 0 aromatic heterocycles. The lowest BCUT2D eigenvalue weighted by atomic mass is 10.1. The second-order valence-electron chi connectivity index (χ2n) is 4.99. The highest BCUT2D eigenvalue weighted by Gasteiger charge is 2.25. The number of hydrogen-bond donors (Lipinski definition) is 1. The van der Waals surface area contributed by atoms with Crippen molar-refractivity contribution in [3.63, 3.8) is 0 Å². The van der Waals surface area contributed by atoms with Crippen molar-refractivity contribution in [2.75, 3.05) is 20.2 Å². The van der Waals surface area contributed by atoms with Crippen molar-refractivity contribution >= 4 is 0 Å². The van der Waals surface area contributed by atoms with E-state index in [2.05, 4.69) is 11.8 Å². The molecule has 1 heterocycles. The van der Waals surface area contributed by atoms with Gasteiger partial charge in [-0.05, 0) is 43.5 Å². The zero-order valence-electron chi connectivity index (χ0n) is 11.3. The van der Waals surface area contributed by atoms with Gasteiger partial charge in [0.2, 0.25) is 0 Å². The zero-order chi connectivity index (χ0) is 13.0. The van der Waals surface area contributed by atoms with Crippen molar-refractivity contribution in [1.29, 1.82) is 0 Å². The predicted molar refractivity (Wildman–Crippen MR) is 72.8 cm³/mol. The van der Waals surface area contributed by atoms with E-state index >= 15 is 0 Å². The summed E-state index contributed by atoms with van der Waals surface area (Å²) in [7, 11) is 1.65. The molecule has 0 amide bonds. The monoisotopic (exact) mass is 249 g/mol. The van der Waals surface area contributed by atoms with Crippen molar-refractivity contribution in [3.05, 3.63) is 29.8 Å². The summed E-state index contributed by atoms with van der Waals surface area (Å²) in [5, 5.41) is 10.3. The molecule has 1 saturated heterocycles. The van der Waals surface area contributed by atoms with Gasteiger partial charge in [-0.15, -0.1) is 0 Å². The Labute approximate surface area is 109 Å². The highest BCUT2D eigenvalue weighted by Crippen LogP contribution is 2.25. The van der Waals surface area contributed by atoms with E-state index in [9.17, 15) is 5.11 Å². The van der Waals surface area contributed by atoms with E-state index in [-0.39, 0.29) is 0 Å². The maximum absolute atomic E-state index is 10.3. The SMILES string of the molecule is CCC1CCCN1CC(O)c1cccc(OC)c1. The van der Waals surface area contributed by atoms with E-state index in [1.54, 1.807) is 7.11 Å². The smallest absolute Gasteiger partial charge is 0.119 e. The fourth-order valence-electron chi connectivity index (χ4n) is 2.77. The number of likely N-dealkylation sites (tertiary alicyclic amines) is 1. The van der Waals surface area contributed by atoms with Gasteiger partial charge in [-0.3, -0.25) is 4.90 Å². The van der Waals surface area contributed by atoms with Crippen LogP contribution in [0.25, 0.3) is 0 Å². The maximum atomic E-state index is 10.3. The Hall–Kier alpha value is -1.06. The number of methoxy groups -OCH3 is 1. The number of aliphatic hydroxyl groups excluding tert-OH is 1. The molecule has 2 atom stereocenters. The minimum absolute atomic E-state index is 0.424. The number of rotatable bonds is 5. The first kappa shape index (κ1) is 13.4. The van der Waals surface area contributed by atoms with Crippen LogP contribution in [-0.4, -0.2) is 36.2 Å². The number of benzene rings is 1. The molecule has 100 valence electrons. The number of aliphatic hydroxyl groups is 1. The van der Waals surface area contributed by atoms with Crippen LogP contribution in [0.3, 0.4) is 0 Å². The molecule has 2 rings (SSSR count). The summed E-state index contributed by atoms with van der Waals surface area (Å²) in [6.07, 6.45) is 3.27. The van der Waals surface area contributed by atoms with Crippen LogP contribution in [0.5, 0.6) is 5.75 Å². The molecular formula is C15H23NO2. The van der Waals surface area contributed by atoms with Crippen LogP contribution in [0.15, 0.2) is 24.3 Å². The quantitative estimate of drug-likeness (QED) is 0.870. The third kappa shape index (κ3) is 3.03. The topological polar surface area (TPSA) is 32.7 Å². The number of β-amino-alcohol motifs (C(OH)–C–C–N with tert-alkyl or cyclic N) is 1. The van der Waals surface area contributed by atoms with E-state index in [1.165, 1.54) is 19.3 Å². The highest BCUT2D eigenvalue weighted by atomic mass is 16.5. The predicted octanol–water partition coefficient (Wildman–Crippen LogP) is 2.60. The molecule has 1 aliphatic heterocycles. The largest absolute Gasteiger partial charge is 0.497 e. The summed E-state index contributed by atoms with van der Waals surface area (Å²) in [4.78, 5) is 2.41. The molecule has 18 heavy (non-hydrogen) atoms. The minimum atomic E-state index is -0.424. The van der Waals surface area contributed by atoms with Gasteiger partial charge in [0.05, 0.1) is 13.2 Å². The van der Waals surface area contributed by atoms with Gasteiger partial charge in [-0.2, -0.15) is 0 Å². The minimum Gasteiger partial charge on any atom is -0.497 e. The normalized spacial score (nSPS) is 22.1. The van der Waals surface area contributed by atoms with Crippen molar-refractivity contribution < 1.29 is 9.84 Å². The Balaban J connectivity index is 2.00. The summed E-state index contributed by atoms with van der Waals surface area (Å²) in [6, 6.07) is 8.36. The molecule has 3 nitrogen and oxygen atoms in total. The van der Waals surface area contributed by atoms with Crippen LogP contribution in [0.4, 0.5) is 0 Å². The first-order valence-electron chi connectivity index (χ1n) is 6.80. The first-order chi connectivity index (χ1) is 8.74. The Morgan fingerprint density at radius 3 is 3.06 bits per heavy atom. The van der Waals surface area contributed by atoms with Crippen LogP contribution < -0.4 is 4.74 Å². The van der Waals surface area contributed by atoms with Crippen molar-refractivity contribution in [2.24, 2.45) is 0 Å². The van der Waals surface area contributed by atoms with E-state index < -0.39 is 6.10 Å². The number of nitrogens with zero attached hydrogens (tertiary/aromatic N) is 1. The van der Waals surface area contributed by atoms with Gasteiger partial charge in [0.15, 0.2) is 0 Å². The van der Waals surface area contributed by atoms with E-state index in [4.69, 9.17) is 4.74 Å². The van der Waals surface area contributed by atoms with Crippen LogP contribution in [0, 0.1) is 0 Å². The van der Waals surface area contributed by atoms with Gasteiger partial charge in [0.1, 0.15) is 5.75 Å². The van der Waals surface area contributed by atoms with Crippen molar-refractivity contribution in [3.8, 4) is 5.75 Å². The van der Waals surface area contributed by atoms with E-state index in [1.807, 2.05) is 24.3 Å².